The largest absolute Gasteiger partial charge is 0.480 e. The summed E-state index contributed by atoms with van der Waals surface area (Å²) >= 11 is 3.36. The van der Waals surface area contributed by atoms with Crippen LogP contribution in [-0.4, -0.2) is 38.8 Å². The van der Waals surface area contributed by atoms with Gasteiger partial charge in [-0.3, -0.25) is 9.69 Å². The van der Waals surface area contributed by atoms with Crippen molar-refractivity contribution in [2.24, 2.45) is 0 Å². The van der Waals surface area contributed by atoms with Crippen LogP contribution in [0.4, 0.5) is 0 Å². The van der Waals surface area contributed by atoms with Crippen molar-refractivity contribution in [1.29, 1.82) is 0 Å². The van der Waals surface area contributed by atoms with Gasteiger partial charge in [0.1, 0.15) is 5.54 Å². The van der Waals surface area contributed by atoms with Crippen molar-refractivity contribution >= 4 is 21.9 Å². The van der Waals surface area contributed by atoms with E-state index in [1.807, 2.05) is 24.3 Å². The number of hydrogen-bond donors (Lipinski definition) is 1. The molecule has 1 heterocycles. The molecule has 0 aliphatic heterocycles. The molecule has 0 radical (unpaired) electrons. The summed E-state index contributed by atoms with van der Waals surface area (Å²) in [5.74, 6) is -0.110. The zero-order valence-corrected chi connectivity index (χ0v) is 13.6. The quantitative estimate of drug-likeness (QED) is 0.890. The minimum Gasteiger partial charge on any atom is -0.480 e. The van der Waals surface area contributed by atoms with Crippen LogP contribution < -0.4 is 0 Å². The molecule has 1 N–H and O–H groups in total. The molecule has 0 saturated heterocycles. The van der Waals surface area contributed by atoms with Gasteiger partial charge in [0.05, 0.1) is 6.54 Å². The van der Waals surface area contributed by atoms with Crippen LogP contribution in [0.15, 0.2) is 33.2 Å². The molecule has 1 aromatic heterocycles. The van der Waals surface area contributed by atoms with Gasteiger partial charge in [-0.15, -0.1) is 10.2 Å². The maximum Gasteiger partial charge on any atom is 0.323 e. The predicted molar refractivity (Wildman–Crippen MR) is 80.6 cm³/mol. The van der Waals surface area contributed by atoms with Crippen molar-refractivity contribution in [3.8, 4) is 11.5 Å². The van der Waals surface area contributed by atoms with Gasteiger partial charge in [0.15, 0.2) is 0 Å². The molecule has 0 unspecified atom stereocenters. The normalized spacial score (nSPS) is 11.9. The molecule has 21 heavy (non-hydrogen) atoms. The lowest BCUT2D eigenvalue weighted by molar-refractivity contribution is -0.149. The first-order chi connectivity index (χ1) is 9.80. The summed E-state index contributed by atoms with van der Waals surface area (Å²) in [6, 6.07) is 7.51. The monoisotopic (exact) mass is 353 g/mol. The van der Waals surface area contributed by atoms with E-state index in [-0.39, 0.29) is 6.54 Å². The molecule has 0 aliphatic rings. The molecule has 2 rings (SSSR count). The van der Waals surface area contributed by atoms with E-state index in [9.17, 15) is 9.90 Å². The van der Waals surface area contributed by atoms with E-state index < -0.39 is 11.5 Å². The van der Waals surface area contributed by atoms with Gasteiger partial charge in [-0.25, -0.2) is 0 Å². The maximum atomic E-state index is 11.2. The Hall–Kier alpha value is -1.73. The molecule has 112 valence electrons. The zero-order chi connectivity index (χ0) is 15.6. The number of aliphatic carboxylic acids is 1. The number of rotatable bonds is 5. The van der Waals surface area contributed by atoms with E-state index in [1.54, 1.807) is 25.8 Å². The van der Waals surface area contributed by atoms with Gasteiger partial charge in [-0.1, -0.05) is 15.9 Å². The van der Waals surface area contributed by atoms with E-state index in [1.165, 1.54) is 0 Å². The fraction of sp³-hybridized carbons (Fsp3) is 0.357. The van der Waals surface area contributed by atoms with Crippen LogP contribution in [0.5, 0.6) is 0 Å². The van der Waals surface area contributed by atoms with Gasteiger partial charge in [0, 0.05) is 10.0 Å². The number of likely N-dealkylation sites (N-methyl/N-ethyl adjacent to an activating group) is 1. The first-order valence-corrected chi connectivity index (χ1v) is 7.13. The average Bonchev–Trinajstić information content (AvgIpc) is 2.87. The molecule has 2 aromatic rings. The smallest absolute Gasteiger partial charge is 0.323 e. The number of benzene rings is 1. The van der Waals surface area contributed by atoms with Crippen molar-refractivity contribution in [2.45, 2.75) is 25.9 Å². The maximum absolute atomic E-state index is 11.2. The Morgan fingerprint density at radius 3 is 2.52 bits per heavy atom. The first-order valence-electron chi connectivity index (χ1n) is 6.33. The fourth-order valence-corrected chi connectivity index (χ4v) is 1.85. The van der Waals surface area contributed by atoms with Crippen molar-refractivity contribution in [3.05, 3.63) is 34.6 Å². The lowest BCUT2D eigenvalue weighted by Crippen LogP contribution is -2.47. The molecular weight excluding hydrogens is 338 g/mol. The Bertz CT molecular complexity index is 637. The van der Waals surface area contributed by atoms with Crippen LogP contribution in [0.2, 0.25) is 0 Å². The number of aromatic nitrogens is 2. The van der Waals surface area contributed by atoms with E-state index >= 15 is 0 Å². The Morgan fingerprint density at radius 1 is 1.33 bits per heavy atom. The predicted octanol–water partition coefficient (Wildman–Crippen LogP) is 2.79. The van der Waals surface area contributed by atoms with Crippen LogP contribution in [-0.2, 0) is 11.3 Å². The number of carbonyl (C=O) groups is 1. The third-order valence-electron chi connectivity index (χ3n) is 3.41. The van der Waals surface area contributed by atoms with Gasteiger partial charge in [-0.05, 0) is 45.2 Å². The van der Waals surface area contributed by atoms with Gasteiger partial charge in [-0.2, -0.15) is 0 Å². The Morgan fingerprint density at radius 2 is 1.95 bits per heavy atom. The van der Waals surface area contributed by atoms with Crippen molar-refractivity contribution in [1.82, 2.24) is 15.1 Å². The number of carboxylic acid groups (broad SMARTS) is 1. The van der Waals surface area contributed by atoms with Crippen molar-refractivity contribution in [2.75, 3.05) is 7.05 Å². The molecule has 0 amide bonds. The number of carboxylic acids is 1. The Balaban J connectivity index is 2.14. The lowest BCUT2D eigenvalue weighted by atomic mass is 10.0. The number of hydrogen-bond acceptors (Lipinski definition) is 5. The molecule has 1 aromatic carbocycles. The number of nitrogens with zero attached hydrogens (tertiary/aromatic N) is 3. The second-order valence-corrected chi connectivity index (χ2v) is 6.14. The summed E-state index contributed by atoms with van der Waals surface area (Å²) in [7, 11) is 1.71. The summed E-state index contributed by atoms with van der Waals surface area (Å²) in [4.78, 5) is 12.8. The second-order valence-electron chi connectivity index (χ2n) is 5.23. The van der Waals surface area contributed by atoms with Gasteiger partial charge >= 0.3 is 5.97 Å². The van der Waals surface area contributed by atoms with Crippen molar-refractivity contribution in [3.63, 3.8) is 0 Å². The van der Waals surface area contributed by atoms with E-state index in [0.29, 0.717) is 11.8 Å². The molecule has 0 saturated carbocycles. The summed E-state index contributed by atoms with van der Waals surface area (Å²) < 4.78 is 6.55. The van der Waals surface area contributed by atoms with E-state index in [4.69, 9.17) is 4.42 Å². The van der Waals surface area contributed by atoms with Crippen molar-refractivity contribution < 1.29 is 14.3 Å². The Kier molecular flexibility index (Phi) is 4.43. The molecule has 0 bridgehead atoms. The molecule has 0 fully saturated rings. The summed E-state index contributed by atoms with van der Waals surface area (Å²) in [6.45, 7) is 3.52. The highest BCUT2D eigenvalue weighted by Crippen LogP contribution is 2.22. The minimum atomic E-state index is -1.01. The van der Waals surface area contributed by atoms with E-state index in [0.717, 1.165) is 10.0 Å². The van der Waals surface area contributed by atoms with Gasteiger partial charge in [0.2, 0.25) is 11.8 Å². The molecule has 0 spiro atoms. The fourth-order valence-electron chi connectivity index (χ4n) is 1.59. The van der Waals surface area contributed by atoms with E-state index in [2.05, 4.69) is 26.1 Å². The summed E-state index contributed by atoms with van der Waals surface area (Å²) in [5, 5.41) is 17.1. The SMILES string of the molecule is CN(Cc1nnc(-c2ccc(Br)cc2)o1)C(C)(C)C(=O)O. The average molecular weight is 354 g/mol. The van der Waals surface area contributed by atoms with Crippen LogP contribution >= 0.6 is 15.9 Å². The first kappa shape index (κ1) is 15.7. The molecule has 0 aliphatic carbocycles. The Labute approximate surface area is 130 Å². The van der Waals surface area contributed by atoms with Crippen LogP contribution in [0, 0.1) is 0 Å². The third kappa shape index (κ3) is 3.48. The highest BCUT2D eigenvalue weighted by Gasteiger charge is 2.32. The molecular formula is C14H16BrN3O3. The number of halogens is 1. The van der Waals surface area contributed by atoms with Crippen LogP contribution in [0.3, 0.4) is 0 Å². The highest BCUT2D eigenvalue weighted by atomic mass is 79.9. The highest BCUT2D eigenvalue weighted by molar-refractivity contribution is 9.10. The van der Waals surface area contributed by atoms with Crippen LogP contribution in [0.25, 0.3) is 11.5 Å². The second kappa shape index (κ2) is 5.95. The van der Waals surface area contributed by atoms with Gasteiger partial charge in [0.25, 0.3) is 0 Å². The summed E-state index contributed by atoms with van der Waals surface area (Å²) in [6.07, 6.45) is 0. The molecule has 0 atom stereocenters. The molecule has 7 heteroatoms. The molecule has 6 nitrogen and oxygen atoms in total. The lowest BCUT2D eigenvalue weighted by Gasteiger charge is -2.29. The minimum absolute atomic E-state index is 0.267. The standard InChI is InChI=1S/C14H16BrN3O3/c1-14(2,13(19)20)18(3)8-11-16-17-12(21-11)9-4-6-10(15)7-5-9/h4-7H,8H2,1-3H3,(H,19,20). The van der Waals surface area contributed by atoms with Gasteiger partial charge < -0.3 is 9.52 Å². The zero-order valence-electron chi connectivity index (χ0n) is 12.0. The topological polar surface area (TPSA) is 79.5 Å². The summed E-state index contributed by atoms with van der Waals surface area (Å²) in [5.41, 5.74) is -0.191. The van der Waals surface area contributed by atoms with Crippen LogP contribution in [0.1, 0.15) is 19.7 Å². The third-order valence-corrected chi connectivity index (χ3v) is 3.94.